The van der Waals surface area contributed by atoms with Crippen LogP contribution in [0.4, 0.5) is 0 Å². The topological polar surface area (TPSA) is 151 Å². The second-order valence-electron chi connectivity index (χ2n) is 9.10. The van der Waals surface area contributed by atoms with Gasteiger partial charge in [-0.15, -0.1) is 0 Å². The van der Waals surface area contributed by atoms with Crippen LogP contribution < -0.4 is 15.6 Å². The van der Waals surface area contributed by atoms with Crippen LogP contribution in [-0.4, -0.2) is 27.5 Å². The first kappa shape index (κ1) is 24.6. The van der Waals surface area contributed by atoms with Crippen molar-refractivity contribution in [2.45, 2.75) is 0 Å². The average molecular weight is 536 g/mol. The van der Waals surface area contributed by atoms with Crippen molar-refractivity contribution >= 4 is 21.9 Å². The van der Waals surface area contributed by atoms with Gasteiger partial charge in [0.1, 0.15) is 35.4 Å². The molecular formula is C31H20O9. The lowest BCUT2D eigenvalue weighted by atomic mass is 9.95. The normalized spacial score (nSPS) is 11.2. The second kappa shape index (κ2) is 9.25. The fourth-order valence-electron chi connectivity index (χ4n) is 4.72. The highest BCUT2D eigenvalue weighted by atomic mass is 16.5. The third-order valence-electron chi connectivity index (χ3n) is 6.74. The lowest BCUT2D eigenvalue weighted by Gasteiger charge is -2.12. The van der Waals surface area contributed by atoms with Crippen molar-refractivity contribution in [3.05, 3.63) is 99.7 Å². The zero-order valence-electron chi connectivity index (χ0n) is 20.8. The van der Waals surface area contributed by atoms with Crippen LogP contribution in [0.25, 0.3) is 55.3 Å². The van der Waals surface area contributed by atoms with E-state index >= 15 is 0 Å². The van der Waals surface area contributed by atoms with Crippen LogP contribution in [0, 0.1) is 0 Å². The molecule has 0 saturated carbocycles. The Morgan fingerprint density at radius 1 is 0.600 bits per heavy atom. The summed E-state index contributed by atoms with van der Waals surface area (Å²) in [6.45, 7) is 0. The zero-order valence-corrected chi connectivity index (χ0v) is 20.8. The van der Waals surface area contributed by atoms with Crippen molar-refractivity contribution in [3.8, 4) is 62.1 Å². The Balaban J connectivity index is 1.49. The Morgan fingerprint density at radius 3 is 1.77 bits per heavy atom. The molecule has 6 aromatic rings. The van der Waals surface area contributed by atoms with E-state index in [2.05, 4.69) is 0 Å². The van der Waals surface area contributed by atoms with Gasteiger partial charge in [-0.25, -0.2) is 0 Å². The van der Waals surface area contributed by atoms with E-state index in [-0.39, 0.29) is 78.4 Å². The first-order chi connectivity index (χ1) is 19.3. The number of fused-ring (bicyclic) bond motifs is 2. The molecule has 6 rings (SSSR count). The fourth-order valence-corrected chi connectivity index (χ4v) is 4.72. The number of phenols is 4. The number of hydrogen-bond acceptors (Lipinski definition) is 9. The number of aromatic hydroxyl groups is 4. The first-order valence-electron chi connectivity index (χ1n) is 12.0. The number of rotatable bonds is 4. The summed E-state index contributed by atoms with van der Waals surface area (Å²) >= 11 is 0. The maximum Gasteiger partial charge on any atom is 0.204 e. The van der Waals surface area contributed by atoms with Gasteiger partial charge in [0.05, 0.1) is 29.0 Å². The maximum atomic E-state index is 13.3. The van der Waals surface area contributed by atoms with Gasteiger partial charge in [0.15, 0.2) is 16.8 Å². The van der Waals surface area contributed by atoms with Crippen molar-refractivity contribution in [3.63, 3.8) is 0 Å². The van der Waals surface area contributed by atoms with Gasteiger partial charge in [0.25, 0.3) is 0 Å². The third kappa shape index (κ3) is 3.88. The quantitative estimate of drug-likeness (QED) is 0.221. The predicted octanol–water partition coefficient (Wildman–Crippen LogP) is 5.73. The highest BCUT2D eigenvalue weighted by molar-refractivity contribution is 5.90. The maximum absolute atomic E-state index is 13.3. The molecule has 0 saturated heterocycles. The average Bonchev–Trinajstić information content (AvgIpc) is 2.94. The summed E-state index contributed by atoms with van der Waals surface area (Å²) in [5.74, 6) is -0.523. The highest BCUT2D eigenvalue weighted by Gasteiger charge is 2.19. The van der Waals surface area contributed by atoms with E-state index in [9.17, 15) is 30.0 Å². The predicted molar refractivity (Wildman–Crippen MR) is 148 cm³/mol. The van der Waals surface area contributed by atoms with E-state index in [1.54, 1.807) is 6.07 Å². The molecule has 0 aliphatic heterocycles. The SMILES string of the molecule is COc1c(O)ccc2c(=O)c(-c3ccc(O)c(-c4cc(-c5coc6cc(O)ccc6c5=O)ccc4O)c3)coc12. The van der Waals surface area contributed by atoms with Gasteiger partial charge in [-0.2, -0.15) is 0 Å². The van der Waals surface area contributed by atoms with Crippen LogP contribution in [-0.2, 0) is 0 Å². The van der Waals surface area contributed by atoms with Crippen molar-refractivity contribution < 1.29 is 34.0 Å². The van der Waals surface area contributed by atoms with Crippen molar-refractivity contribution in [1.29, 1.82) is 0 Å². The standard InChI is InChI=1S/C31H20O9/c1-38-31-26(35)9-6-19-29(37)23(14-40-30(19)31)16-3-8-25(34)21(11-16)20-10-15(2-7-24(20)33)22-13-39-27-12-17(32)4-5-18(27)28(22)36/h2-14,32-35H,1H3. The Kier molecular flexibility index (Phi) is 5.69. The Hall–Kier alpha value is -5.70. The zero-order chi connectivity index (χ0) is 28.1. The molecule has 0 radical (unpaired) electrons. The minimum absolute atomic E-state index is 0.0317. The van der Waals surface area contributed by atoms with Crippen molar-refractivity contribution in [2.24, 2.45) is 0 Å². The van der Waals surface area contributed by atoms with Gasteiger partial charge in [0, 0.05) is 17.2 Å². The molecule has 2 aromatic heterocycles. The minimum Gasteiger partial charge on any atom is -0.508 e. The summed E-state index contributed by atoms with van der Waals surface area (Å²) in [6.07, 6.45) is 2.50. The molecule has 0 aliphatic carbocycles. The molecule has 0 aliphatic rings. The molecule has 0 atom stereocenters. The number of benzene rings is 4. The molecule has 0 spiro atoms. The molecule has 0 unspecified atom stereocenters. The van der Waals surface area contributed by atoms with Crippen molar-refractivity contribution in [2.75, 3.05) is 7.11 Å². The summed E-state index contributed by atoms with van der Waals surface area (Å²) in [5.41, 5.74) is 1.18. The molecule has 0 bridgehead atoms. The molecule has 2 heterocycles. The summed E-state index contributed by atoms with van der Waals surface area (Å²) in [6, 6.07) is 15.8. The van der Waals surface area contributed by atoms with Crippen LogP contribution >= 0.6 is 0 Å². The number of phenolic OH excluding ortho intramolecular Hbond substituents is 4. The van der Waals surface area contributed by atoms with Crippen LogP contribution in [0.15, 0.2) is 97.7 Å². The van der Waals surface area contributed by atoms with Gasteiger partial charge in [-0.05, 0) is 59.7 Å². The molecule has 0 amide bonds. The number of hydrogen-bond donors (Lipinski definition) is 4. The van der Waals surface area contributed by atoms with Gasteiger partial charge < -0.3 is 34.0 Å². The molecule has 9 heteroatoms. The molecule has 4 aromatic carbocycles. The summed E-state index contributed by atoms with van der Waals surface area (Å²) in [7, 11) is 1.35. The second-order valence-corrected chi connectivity index (χ2v) is 9.10. The van der Waals surface area contributed by atoms with E-state index in [0.717, 1.165) is 0 Å². The molecule has 0 fully saturated rings. The molecule has 4 N–H and O–H groups in total. The van der Waals surface area contributed by atoms with E-state index in [1.807, 2.05) is 0 Å². The largest absolute Gasteiger partial charge is 0.508 e. The highest BCUT2D eigenvalue weighted by Crippen LogP contribution is 2.40. The monoisotopic (exact) mass is 536 g/mol. The summed E-state index contributed by atoms with van der Waals surface area (Å²) in [5, 5.41) is 41.6. The summed E-state index contributed by atoms with van der Waals surface area (Å²) in [4.78, 5) is 26.5. The van der Waals surface area contributed by atoms with E-state index in [0.29, 0.717) is 11.1 Å². The Morgan fingerprint density at radius 2 is 1.15 bits per heavy atom. The van der Waals surface area contributed by atoms with Crippen molar-refractivity contribution in [1.82, 2.24) is 0 Å². The minimum atomic E-state index is -0.394. The van der Waals surface area contributed by atoms with E-state index in [4.69, 9.17) is 13.6 Å². The number of methoxy groups -OCH3 is 1. The smallest absolute Gasteiger partial charge is 0.204 e. The first-order valence-corrected chi connectivity index (χ1v) is 12.0. The molecule has 198 valence electrons. The number of ether oxygens (including phenoxy) is 1. The van der Waals surface area contributed by atoms with Crippen LogP contribution in [0.2, 0.25) is 0 Å². The van der Waals surface area contributed by atoms with Gasteiger partial charge in [-0.3, -0.25) is 9.59 Å². The van der Waals surface area contributed by atoms with E-state index < -0.39 is 5.43 Å². The van der Waals surface area contributed by atoms with Crippen LogP contribution in [0.5, 0.6) is 28.7 Å². The fraction of sp³-hybridized carbons (Fsp3) is 0.0323. The van der Waals surface area contributed by atoms with Crippen LogP contribution in [0.1, 0.15) is 0 Å². The molecule has 9 nitrogen and oxygen atoms in total. The van der Waals surface area contributed by atoms with Gasteiger partial charge in [-0.1, -0.05) is 12.1 Å². The van der Waals surface area contributed by atoms with Gasteiger partial charge in [0.2, 0.25) is 11.2 Å². The van der Waals surface area contributed by atoms with E-state index in [1.165, 1.54) is 80.3 Å². The van der Waals surface area contributed by atoms with Gasteiger partial charge >= 0.3 is 0 Å². The Bertz CT molecular complexity index is 2090. The Labute approximate surface area is 225 Å². The van der Waals surface area contributed by atoms with Crippen LogP contribution in [0.3, 0.4) is 0 Å². The third-order valence-corrected chi connectivity index (χ3v) is 6.74. The molecule has 40 heavy (non-hydrogen) atoms. The lowest BCUT2D eigenvalue weighted by Crippen LogP contribution is -2.05. The summed E-state index contributed by atoms with van der Waals surface area (Å²) < 4.78 is 16.4. The lowest BCUT2D eigenvalue weighted by molar-refractivity contribution is 0.370. The molecular weight excluding hydrogens is 516 g/mol.